The molecule has 0 saturated carbocycles. The number of rotatable bonds is 10. The number of ether oxygens (including phenoxy) is 10. The summed E-state index contributed by atoms with van der Waals surface area (Å²) >= 11 is 0. The van der Waals surface area contributed by atoms with Crippen molar-refractivity contribution in [2.75, 3.05) is 27.9 Å². The lowest BCUT2D eigenvalue weighted by molar-refractivity contribution is -0.356. The Morgan fingerprint density at radius 2 is 1.02 bits per heavy atom. The van der Waals surface area contributed by atoms with E-state index in [1.165, 1.54) is 7.11 Å². The molecule has 4 aliphatic rings. The van der Waals surface area contributed by atoms with Gasteiger partial charge < -0.3 is 72.9 Å². The fourth-order valence-electron chi connectivity index (χ4n) is 6.16. The summed E-state index contributed by atoms with van der Waals surface area (Å²) in [4.78, 5) is 0. The highest BCUT2D eigenvalue weighted by Crippen LogP contribution is 2.34. The topological polar surface area (TPSA) is 193 Å². The lowest BCUT2D eigenvalue weighted by Crippen LogP contribution is -2.62. The van der Waals surface area contributed by atoms with Crippen LogP contribution in [0.4, 0.5) is 0 Å². The Balaban J connectivity index is 1.35. The van der Waals surface area contributed by atoms with Gasteiger partial charge in [-0.1, -0.05) is 0 Å². The molecule has 15 nitrogen and oxygen atoms in total. The Labute approximate surface area is 245 Å². The van der Waals surface area contributed by atoms with Crippen LogP contribution in [-0.2, 0) is 47.4 Å². The fourth-order valence-corrected chi connectivity index (χ4v) is 6.16. The quantitative estimate of drug-likeness (QED) is 0.189. The van der Waals surface area contributed by atoms with Crippen molar-refractivity contribution < 1.29 is 72.9 Å². The number of hydrogen-bond donors (Lipinski definition) is 5. The molecule has 246 valence electrons. The van der Waals surface area contributed by atoms with E-state index in [0.29, 0.717) is 6.42 Å². The van der Waals surface area contributed by atoms with Crippen molar-refractivity contribution in [2.24, 2.45) is 0 Å². The summed E-state index contributed by atoms with van der Waals surface area (Å²) in [6, 6.07) is 0. The second kappa shape index (κ2) is 15.1. The van der Waals surface area contributed by atoms with Crippen LogP contribution in [0.15, 0.2) is 0 Å². The van der Waals surface area contributed by atoms with Gasteiger partial charge in [-0.05, 0) is 20.8 Å². The molecule has 0 aromatic rings. The van der Waals surface area contributed by atoms with E-state index >= 15 is 0 Å². The number of aliphatic hydroxyl groups excluding tert-OH is 5. The van der Waals surface area contributed by atoms with Gasteiger partial charge >= 0.3 is 0 Å². The van der Waals surface area contributed by atoms with Gasteiger partial charge in [0.25, 0.3) is 0 Å². The van der Waals surface area contributed by atoms with Crippen LogP contribution in [0.5, 0.6) is 0 Å². The first kappa shape index (κ1) is 34.3. The molecule has 4 rings (SSSR count). The molecular weight excluding hydrogens is 564 g/mol. The monoisotopic (exact) mass is 612 g/mol. The van der Waals surface area contributed by atoms with Gasteiger partial charge in [0.2, 0.25) is 0 Å². The molecule has 5 N–H and O–H groups in total. The van der Waals surface area contributed by atoms with Crippen molar-refractivity contribution in [2.45, 2.75) is 145 Å². The predicted octanol–water partition coefficient (Wildman–Crippen LogP) is -1.62. The Morgan fingerprint density at radius 1 is 0.571 bits per heavy atom. The van der Waals surface area contributed by atoms with E-state index in [1.54, 1.807) is 21.1 Å². The molecule has 0 spiro atoms. The molecule has 0 radical (unpaired) electrons. The van der Waals surface area contributed by atoms with Crippen LogP contribution < -0.4 is 0 Å². The zero-order valence-electron chi connectivity index (χ0n) is 25.0. The van der Waals surface area contributed by atoms with Crippen LogP contribution in [0.25, 0.3) is 0 Å². The van der Waals surface area contributed by atoms with E-state index in [0.717, 1.165) is 0 Å². The van der Waals surface area contributed by atoms with E-state index in [2.05, 4.69) is 0 Å². The Hall–Kier alpha value is -0.600. The Kier molecular flexibility index (Phi) is 12.3. The fraction of sp³-hybridized carbons (Fsp3) is 1.00. The predicted molar refractivity (Wildman–Crippen MR) is 140 cm³/mol. The third kappa shape index (κ3) is 7.61. The highest BCUT2D eigenvalue weighted by atomic mass is 16.8. The SMILES string of the molecule is CO[C@H]1CC(O)O[C@H](C)[C@@H]1O[C@H]1C[C@H](OC)[C@H](O[C@H]2C[C@@H](OC)[C@@H](O[C@@H]3O[C@H](CO)[C@@H](O)[C@H](O)[C@H]3O)[C@@H](C)O2)[C@@H](C)O1. The number of hydrogen-bond acceptors (Lipinski definition) is 15. The molecule has 15 heteroatoms. The molecule has 0 aromatic carbocycles. The largest absolute Gasteiger partial charge is 0.394 e. The van der Waals surface area contributed by atoms with Crippen LogP contribution in [0, 0.1) is 0 Å². The van der Waals surface area contributed by atoms with Gasteiger partial charge in [0.05, 0.1) is 43.2 Å². The van der Waals surface area contributed by atoms with E-state index < -0.39 is 105 Å². The molecule has 4 fully saturated rings. The lowest BCUT2D eigenvalue weighted by Gasteiger charge is -2.47. The van der Waals surface area contributed by atoms with Crippen LogP contribution >= 0.6 is 0 Å². The second-order valence-corrected chi connectivity index (χ2v) is 11.4. The molecule has 0 amide bonds. The van der Waals surface area contributed by atoms with Crippen LogP contribution in [-0.4, -0.2) is 158 Å². The first-order chi connectivity index (χ1) is 20.0. The summed E-state index contributed by atoms with van der Waals surface area (Å²) < 4.78 is 58.9. The lowest BCUT2D eigenvalue weighted by atomic mass is 9.98. The maximum absolute atomic E-state index is 10.4. The highest BCUT2D eigenvalue weighted by Gasteiger charge is 2.49. The van der Waals surface area contributed by atoms with Crippen molar-refractivity contribution in [3.63, 3.8) is 0 Å². The van der Waals surface area contributed by atoms with Crippen LogP contribution in [0.1, 0.15) is 40.0 Å². The van der Waals surface area contributed by atoms with Crippen LogP contribution in [0.3, 0.4) is 0 Å². The third-order valence-electron chi connectivity index (χ3n) is 8.54. The van der Waals surface area contributed by atoms with E-state index in [-0.39, 0.29) is 18.9 Å². The van der Waals surface area contributed by atoms with Gasteiger partial charge in [-0.2, -0.15) is 0 Å². The number of methoxy groups -OCH3 is 3. The molecule has 0 aromatic heterocycles. The first-order valence-corrected chi connectivity index (χ1v) is 14.5. The molecule has 17 atom stereocenters. The van der Waals surface area contributed by atoms with E-state index in [4.69, 9.17) is 47.4 Å². The minimum Gasteiger partial charge on any atom is -0.394 e. The molecule has 1 unspecified atom stereocenters. The molecule has 0 aliphatic carbocycles. The van der Waals surface area contributed by atoms with Gasteiger partial charge in [0.15, 0.2) is 25.2 Å². The van der Waals surface area contributed by atoms with Crippen molar-refractivity contribution in [3.05, 3.63) is 0 Å². The average molecular weight is 613 g/mol. The molecular formula is C27H48O15. The van der Waals surface area contributed by atoms with Gasteiger partial charge in [-0.25, -0.2) is 0 Å². The van der Waals surface area contributed by atoms with Crippen LogP contribution in [0.2, 0.25) is 0 Å². The summed E-state index contributed by atoms with van der Waals surface area (Å²) in [5.41, 5.74) is 0. The van der Waals surface area contributed by atoms with Gasteiger partial charge in [0.1, 0.15) is 42.7 Å². The summed E-state index contributed by atoms with van der Waals surface area (Å²) in [5, 5.41) is 50.0. The third-order valence-corrected chi connectivity index (χ3v) is 8.54. The molecule has 4 heterocycles. The molecule has 0 bridgehead atoms. The smallest absolute Gasteiger partial charge is 0.187 e. The van der Waals surface area contributed by atoms with Crippen molar-refractivity contribution in [1.29, 1.82) is 0 Å². The normalized spacial score (nSPS) is 50.5. The Morgan fingerprint density at radius 3 is 1.50 bits per heavy atom. The molecule has 42 heavy (non-hydrogen) atoms. The van der Waals surface area contributed by atoms with Gasteiger partial charge in [-0.15, -0.1) is 0 Å². The minimum absolute atomic E-state index is 0.261. The summed E-state index contributed by atoms with van der Waals surface area (Å²) in [6.45, 7) is 4.86. The average Bonchev–Trinajstić information content (AvgIpc) is 2.96. The van der Waals surface area contributed by atoms with E-state index in [9.17, 15) is 25.5 Å². The minimum atomic E-state index is -1.56. The van der Waals surface area contributed by atoms with Crippen molar-refractivity contribution >= 4 is 0 Å². The first-order valence-electron chi connectivity index (χ1n) is 14.5. The standard InChI is InChI=1S/C27H48O15/c1-11-24(14(33-4)7-18(29)36-11)40-19-8-15(34-5)25(12(2)37-19)41-20-9-16(35-6)26(13(3)38-20)42-27-23(32)22(31)21(30)17(10-28)39-27/h11-32H,7-10H2,1-6H3/t11-,12-,13-,14+,15+,16-,17-,18?,19+,20+,21-,22+,23-,24+,25-,26+,27+/m1/s1. The summed E-state index contributed by atoms with van der Waals surface area (Å²) in [5.74, 6) is 0. The summed E-state index contributed by atoms with van der Waals surface area (Å²) in [6.07, 6.45) is -12.8. The second-order valence-electron chi connectivity index (χ2n) is 11.4. The number of aliphatic hydroxyl groups is 5. The zero-order valence-corrected chi connectivity index (χ0v) is 25.0. The van der Waals surface area contributed by atoms with Gasteiger partial charge in [0, 0.05) is 40.6 Å². The Bertz CT molecular complexity index is 820. The zero-order chi connectivity index (χ0) is 30.7. The highest BCUT2D eigenvalue weighted by molar-refractivity contribution is 4.92. The summed E-state index contributed by atoms with van der Waals surface area (Å²) in [7, 11) is 4.66. The maximum atomic E-state index is 10.4. The van der Waals surface area contributed by atoms with Crippen molar-refractivity contribution in [3.8, 4) is 0 Å². The van der Waals surface area contributed by atoms with Crippen molar-refractivity contribution in [1.82, 2.24) is 0 Å². The van der Waals surface area contributed by atoms with E-state index in [1.807, 2.05) is 13.8 Å². The van der Waals surface area contributed by atoms with Gasteiger partial charge in [-0.3, -0.25) is 0 Å². The molecule has 4 aliphatic heterocycles. The maximum Gasteiger partial charge on any atom is 0.187 e. The molecule has 4 saturated heterocycles.